The number of aryl methyl sites for hydroxylation is 1. The van der Waals surface area contributed by atoms with Crippen molar-refractivity contribution in [1.82, 2.24) is 27.3 Å². The maximum Gasteiger partial charge on any atom is 0.264 e. The van der Waals surface area contributed by atoms with E-state index in [0.29, 0.717) is 36.6 Å². The average Bonchev–Trinajstić information content (AvgIpc) is 3.00. The van der Waals surface area contributed by atoms with Crippen molar-refractivity contribution in [3.05, 3.63) is 83.9 Å². The smallest absolute Gasteiger partial charge is 0.264 e. The molecule has 0 amide bonds. The van der Waals surface area contributed by atoms with Crippen molar-refractivity contribution in [1.29, 1.82) is 0 Å². The zero-order valence-electron chi connectivity index (χ0n) is 25.9. The van der Waals surface area contributed by atoms with E-state index in [1.54, 1.807) is 36.4 Å². The molecule has 1 aromatic heterocycles. The highest BCUT2D eigenvalue weighted by atomic mass is 35.5. The zero-order valence-corrected chi connectivity index (χ0v) is 27.6. The molecular weight excluding hydrogens is 628 g/mol. The van der Waals surface area contributed by atoms with Gasteiger partial charge in [-0.2, -0.15) is 15.0 Å². The minimum atomic E-state index is -4.00. The molecular formula is C31H47ClN10O3S. The van der Waals surface area contributed by atoms with Gasteiger partial charge in [-0.1, -0.05) is 48.0 Å². The van der Waals surface area contributed by atoms with Crippen LogP contribution >= 0.6 is 12.4 Å². The highest BCUT2D eigenvalue weighted by Crippen LogP contribution is 2.36. The molecule has 10 N–H and O–H groups in total. The van der Waals surface area contributed by atoms with E-state index in [9.17, 15) is 13.5 Å². The van der Waals surface area contributed by atoms with Gasteiger partial charge in [0.25, 0.3) is 10.0 Å². The Morgan fingerprint density at radius 3 is 2.15 bits per heavy atom. The van der Waals surface area contributed by atoms with Crippen LogP contribution in [-0.2, 0) is 16.6 Å². The first-order valence-electron chi connectivity index (χ1n) is 14.5. The Hall–Kier alpha value is -4.21. The van der Waals surface area contributed by atoms with E-state index in [4.69, 9.17) is 10.7 Å². The molecule has 13 nitrogen and oxygen atoms in total. The van der Waals surface area contributed by atoms with E-state index in [0.717, 1.165) is 37.1 Å². The Labute approximate surface area is 279 Å². The summed E-state index contributed by atoms with van der Waals surface area (Å²) in [5, 5.41) is 14.4. The summed E-state index contributed by atoms with van der Waals surface area (Å²) in [4.78, 5) is 18.4. The van der Waals surface area contributed by atoms with Crippen molar-refractivity contribution in [2.75, 3.05) is 45.6 Å². The Kier molecular flexibility index (Phi) is 12.1. The molecule has 252 valence electrons. The number of phenols is 1. The van der Waals surface area contributed by atoms with Crippen LogP contribution < -0.4 is 37.5 Å². The maximum atomic E-state index is 13.9. The van der Waals surface area contributed by atoms with Crippen LogP contribution in [0, 0.1) is 6.92 Å². The molecule has 46 heavy (non-hydrogen) atoms. The highest BCUT2D eigenvalue weighted by molar-refractivity contribution is 7.92. The Balaban J connectivity index is 0.00000230. The summed E-state index contributed by atoms with van der Waals surface area (Å²) in [5.74, 6) is 1.30. The summed E-state index contributed by atoms with van der Waals surface area (Å²) < 4.78 is 29.0. The van der Waals surface area contributed by atoms with Gasteiger partial charge in [-0.3, -0.25) is 4.31 Å². The number of aromatic hydroxyl groups is 1. The zero-order chi connectivity index (χ0) is 30.0. The maximum absolute atomic E-state index is 13.9. The molecule has 0 spiro atoms. The minimum absolute atomic E-state index is 0. The summed E-state index contributed by atoms with van der Waals surface area (Å²) in [5.41, 5.74) is 8.42. The third kappa shape index (κ3) is 7.95. The summed E-state index contributed by atoms with van der Waals surface area (Å²) in [6.07, 6.45) is 3.35. The van der Waals surface area contributed by atoms with Crippen LogP contribution in [0.1, 0.15) is 33.2 Å². The van der Waals surface area contributed by atoms with E-state index in [1.165, 1.54) is 16.8 Å². The van der Waals surface area contributed by atoms with Gasteiger partial charge in [0.1, 0.15) is 5.75 Å². The number of nitrogens with two attached hydrogens (primary N) is 1. The molecule has 0 aliphatic carbocycles. The second-order valence-electron chi connectivity index (χ2n) is 11.1. The number of nitrogens with zero attached hydrogens (tertiary/aromatic N) is 6. The van der Waals surface area contributed by atoms with E-state index < -0.39 is 10.0 Å². The van der Waals surface area contributed by atoms with Gasteiger partial charge in [0.2, 0.25) is 17.8 Å². The predicted molar refractivity (Wildman–Crippen MR) is 190 cm³/mol. The monoisotopic (exact) mass is 674 g/mol. The molecule has 2 aliphatic heterocycles. The van der Waals surface area contributed by atoms with Crippen molar-refractivity contribution in [3.8, 4) is 5.75 Å². The number of benzene rings is 3. The van der Waals surface area contributed by atoms with Crippen LogP contribution in [0.25, 0.3) is 0 Å². The first-order valence-corrected chi connectivity index (χ1v) is 16.0. The summed E-state index contributed by atoms with van der Waals surface area (Å²) in [6, 6.07) is 20.9. The van der Waals surface area contributed by atoms with Gasteiger partial charge in [-0.25, -0.2) is 8.42 Å². The number of anilines is 5. The SMILES string of the molecule is Cc1ccc(S(=O)(=O)N(Cc2ccccc2)c2ccc(Nc3nc(N4CCCCC4)nc(N4CC(N)C4)n3)cc2O)cc1.Cl.N.N.[HH].[HH]. The molecule has 0 unspecified atom stereocenters. The number of rotatable bonds is 9. The molecule has 0 bridgehead atoms. The van der Waals surface area contributed by atoms with E-state index >= 15 is 0 Å². The largest absolute Gasteiger partial charge is 0.506 e. The number of halogens is 1. The topological polar surface area (TPSA) is 211 Å². The van der Waals surface area contributed by atoms with Crippen LogP contribution in [0.2, 0.25) is 0 Å². The van der Waals surface area contributed by atoms with Crippen LogP contribution in [0.5, 0.6) is 5.75 Å². The fraction of sp³-hybridized carbons (Fsp3) is 0.323. The van der Waals surface area contributed by atoms with Crippen LogP contribution in [0.15, 0.2) is 77.7 Å². The van der Waals surface area contributed by atoms with Gasteiger partial charge in [-0.15, -0.1) is 12.4 Å². The second kappa shape index (κ2) is 15.4. The van der Waals surface area contributed by atoms with E-state index in [1.807, 2.05) is 42.2 Å². The summed E-state index contributed by atoms with van der Waals surface area (Å²) >= 11 is 0. The van der Waals surface area contributed by atoms with Crippen LogP contribution in [0.3, 0.4) is 0 Å². The van der Waals surface area contributed by atoms with E-state index in [-0.39, 0.29) is 56.5 Å². The summed E-state index contributed by atoms with van der Waals surface area (Å²) in [7, 11) is -4.00. The Morgan fingerprint density at radius 2 is 1.54 bits per heavy atom. The standard InChI is InChI=1S/C31H36N8O3S.ClH.2H3N.2H2/c1-22-10-13-26(14-11-22)43(41,42)39(19-23-8-4-2-5-9-23)27-15-12-25(18-28(27)40)33-29-34-30(37-16-6-3-7-17-37)36-31(35-29)38-20-24(32)21-38;;;;;/h2,4-5,8-15,18,24,40H,3,6-7,16-17,19-21,32H2,1H3,(H,33,34,35,36);1H;2*1H3;2*1H. The lowest BCUT2D eigenvalue weighted by Gasteiger charge is -2.37. The molecule has 2 saturated heterocycles. The lowest BCUT2D eigenvalue weighted by Crippen LogP contribution is -2.56. The quantitative estimate of drug-likeness (QED) is 0.151. The van der Waals surface area contributed by atoms with Crippen molar-refractivity contribution in [3.63, 3.8) is 0 Å². The summed E-state index contributed by atoms with van der Waals surface area (Å²) in [6.45, 7) is 5.05. The van der Waals surface area contributed by atoms with Crippen LogP contribution in [-0.4, -0.2) is 60.7 Å². The molecule has 3 aromatic carbocycles. The second-order valence-corrected chi connectivity index (χ2v) is 13.0. The molecule has 2 aliphatic rings. The van der Waals surface area contributed by atoms with Gasteiger partial charge in [0.05, 0.1) is 17.1 Å². The molecule has 6 rings (SSSR count). The third-order valence-electron chi connectivity index (χ3n) is 7.72. The fourth-order valence-electron chi connectivity index (χ4n) is 5.29. The van der Waals surface area contributed by atoms with Gasteiger partial charge >= 0.3 is 0 Å². The lowest BCUT2D eigenvalue weighted by molar-refractivity contribution is 0.475. The van der Waals surface area contributed by atoms with Gasteiger partial charge in [-0.05, 0) is 56.0 Å². The third-order valence-corrected chi connectivity index (χ3v) is 9.50. The van der Waals surface area contributed by atoms with Crippen molar-refractivity contribution >= 4 is 51.7 Å². The average molecular weight is 675 g/mol. The van der Waals surface area contributed by atoms with Gasteiger partial charge < -0.3 is 38.3 Å². The van der Waals surface area contributed by atoms with Crippen molar-refractivity contribution < 1.29 is 16.4 Å². The first kappa shape index (κ1) is 36.3. The molecule has 0 radical (unpaired) electrons. The number of nitrogens with one attached hydrogen (secondary N) is 1. The van der Waals surface area contributed by atoms with Gasteiger partial charge in [0.15, 0.2) is 0 Å². The first-order chi connectivity index (χ1) is 20.8. The van der Waals surface area contributed by atoms with Crippen LogP contribution in [0.4, 0.5) is 29.2 Å². The molecule has 0 atom stereocenters. The predicted octanol–water partition coefficient (Wildman–Crippen LogP) is 5.40. The Morgan fingerprint density at radius 1 is 0.913 bits per heavy atom. The number of sulfonamides is 1. The van der Waals surface area contributed by atoms with E-state index in [2.05, 4.69) is 20.2 Å². The van der Waals surface area contributed by atoms with Gasteiger partial charge in [0, 0.05) is 46.8 Å². The highest BCUT2D eigenvalue weighted by Gasteiger charge is 2.29. The fourth-order valence-corrected chi connectivity index (χ4v) is 6.76. The Bertz CT molecular complexity index is 1700. The molecule has 4 aromatic rings. The number of aromatic nitrogens is 3. The molecule has 3 heterocycles. The molecule has 15 heteroatoms. The number of hydrogen-bond donors (Lipinski definition) is 5. The normalized spacial score (nSPS) is 14.7. The van der Waals surface area contributed by atoms with Crippen molar-refractivity contribution in [2.24, 2.45) is 5.73 Å². The number of piperidine rings is 1. The molecule has 0 saturated carbocycles. The van der Waals surface area contributed by atoms with Crippen molar-refractivity contribution in [2.45, 2.75) is 43.7 Å². The number of phenolic OH excluding ortho intramolecular Hbond substituents is 1. The number of hydrogen-bond acceptors (Lipinski definition) is 12. The molecule has 2 fully saturated rings. The lowest BCUT2D eigenvalue weighted by atomic mass is 10.1. The minimum Gasteiger partial charge on any atom is -0.506 e.